The smallest absolute Gasteiger partial charge is 0.191 e. The molecule has 1 atom stereocenters. The Balaban J connectivity index is 1.44. The minimum atomic E-state index is 0.161. The Morgan fingerprint density at radius 3 is 2.59 bits per heavy atom. The highest BCUT2D eigenvalue weighted by Crippen LogP contribution is 2.23. The molecule has 1 saturated carbocycles. The molecule has 1 aromatic heterocycles. The number of rotatable bonds is 8. The van der Waals surface area contributed by atoms with Gasteiger partial charge in [-0.25, -0.2) is 0 Å². The number of aryl methyl sites for hydroxylation is 1. The van der Waals surface area contributed by atoms with Crippen molar-refractivity contribution in [1.29, 1.82) is 0 Å². The molecule has 2 N–H and O–H groups in total. The topological polar surface area (TPSA) is 71.3 Å². The van der Waals surface area contributed by atoms with Gasteiger partial charge in [-0.05, 0) is 31.9 Å². The van der Waals surface area contributed by atoms with E-state index in [2.05, 4.69) is 26.6 Å². The van der Waals surface area contributed by atoms with E-state index in [1.165, 1.54) is 38.5 Å². The lowest BCUT2D eigenvalue weighted by Crippen LogP contribution is -2.46. The van der Waals surface area contributed by atoms with E-state index in [9.17, 15) is 0 Å². The molecule has 1 saturated heterocycles. The second-order valence-corrected chi connectivity index (χ2v) is 7.98. The Labute approximate surface area is 175 Å². The lowest BCUT2D eigenvalue weighted by Gasteiger charge is -2.33. The molecule has 1 aliphatic carbocycles. The normalized spacial score (nSPS) is 21.0. The minimum Gasteiger partial charge on any atom is -0.465 e. The van der Waals surface area contributed by atoms with Gasteiger partial charge in [-0.3, -0.25) is 9.89 Å². The van der Waals surface area contributed by atoms with Crippen LogP contribution in [-0.2, 0) is 9.47 Å². The number of morpholine rings is 1. The summed E-state index contributed by atoms with van der Waals surface area (Å²) in [5.41, 5.74) is 0. The summed E-state index contributed by atoms with van der Waals surface area (Å²) in [6.45, 7) is 7.55. The summed E-state index contributed by atoms with van der Waals surface area (Å²) in [6, 6.07) is 4.27. The van der Waals surface area contributed by atoms with Crippen LogP contribution in [0.25, 0.3) is 0 Å². The number of nitrogens with one attached hydrogen (secondary N) is 2. The van der Waals surface area contributed by atoms with Gasteiger partial charge in [-0.2, -0.15) is 0 Å². The van der Waals surface area contributed by atoms with Gasteiger partial charge in [0.1, 0.15) is 11.5 Å². The van der Waals surface area contributed by atoms with Crippen LogP contribution in [0.15, 0.2) is 21.5 Å². The molecule has 7 heteroatoms. The first-order chi connectivity index (χ1) is 14.3. The Kier molecular flexibility index (Phi) is 9.31. The predicted molar refractivity (Wildman–Crippen MR) is 115 cm³/mol. The highest BCUT2D eigenvalue weighted by Gasteiger charge is 2.25. The molecule has 1 aromatic rings. The largest absolute Gasteiger partial charge is 0.465 e. The van der Waals surface area contributed by atoms with Crippen LogP contribution >= 0.6 is 0 Å². The number of aliphatic imine (C=N–C) groups is 1. The Morgan fingerprint density at radius 2 is 1.93 bits per heavy atom. The molecule has 0 spiro atoms. The maximum atomic E-state index is 6.07. The van der Waals surface area contributed by atoms with Gasteiger partial charge in [0.2, 0.25) is 0 Å². The van der Waals surface area contributed by atoms with Gasteiger partial charge in [0.15, 0.2) is 5.96 Å². The summed E-state index contributed by atoms with van der Waals surface area (Å²) in [5, 5.41) is 6.84. The Bertz CT molecular complexity index is 605. The van der Waals surface area contributed by atoms with Crippen LogP contribution < -0.4 is 10.6 Å². The standard InChI is InChI=1S/C22H38N4O3/c1-18-9-10-21(29-18)20(26-12-15-27-16-13-26)17-25-22(23-2)24-11-14-28-19-7-5-3-4-6-8-19/h9-10,19-20H,3-8,11-17H2,1-2H3,(H2,23,24,25). The van der Waals surface area contributed by atoms with Crippen LogP contribution in [-0.4, -0.2) is 70.0 Å². The Hall–Kier alpha value is -1.57. The molecule has 2 fully saturated rings. The van der Waals surface area contributed by atoms with Gasteiger partial charge in [-0.15, -0.1) is 0 Å². The molecule has 1 unspecified atom stereocenters. The summed E-state index contributed by atoms with van der Waals surface area (Å²) < 4.78 is 17.5. The first kappa shape index (κ1) is 22.1. The lowest BCUT2D eigenvalue weighted by molar-refractivity contribution is 0.0124. The van der Waals surface area contributed by atoms with Crippen molar-refractivity contribution in [2.75, 3.05) is 53.0 Å². The quantitative estimate of drug-likeness (QED) is 0.299. The molecule has 2 aliphatic rings. The zero-order valence-electron chi connectivity index (χ0n) is 18.1. The van der Waals surface area contributed by atoms with E-state index < -0.39 is 0 Å². The zero-order valence-corrected chi connectivity index (χ0v) is 18.1. The molecule has 0 bridgehead atoms. The summed E-state index contributed by atoms with van der Waals surface area (Å²) in [7, 11) is 1.81. The van der Waals surface area contributed by atoms with E-state index in [0.717, 1.165) is 63.5 Å². The molecule has 7 nitrogen and oxygen atoms in total. The molecular weight excluding hydrogens is 368 g/mol. The van der Waals surface area contributed by atoms with Gasteiger partial charge in [-0.1, -0.05) is 25.7 Å². The molecule has 29 heavy (non-hydrogen) atoms. The van der Waals surface area contributed by atoms with E-state index in [1.54, 1.807) is 0 Å². The third-order valence-electron chi connectivity index (χ3n) is 5.81. The van der Waals surface area contributed by atoms with Crippen LogP contribution in [0, 0.1) is 6.92 Å². The van der Waals surface area contributed by atoms with E-state index in [4.69, 9.17) is 13.9 Å². The highest BCUT2D eigenvalue weighted by atomic mass is 16.5. The first-order valence-corrected chi connectivity index (χ1v) is 11.2. The van der Waals surface area contributed by atoms with Crippen molar-refractivity contribution < 1.29 is 13.9 Å². The molecule has 0 amide bonds. The van der Waals surface area contributed by atoms with Crippen LogP contribution in [0.2, 0.25) is 0 Å². The van der Waals surface area contributed by atoms with E-state index in [-0.39, 0.29) is 6.04 Å². The second-order valence-electron chi connectivity index (χ2n) is 7.98. The van der Waals surface area contributed by atoms with Crippen molar-refractivity contribution in [2.24, 2.45) is 4.99 Å². The monoisotopic (exact) mass is 406 g/mol. The van der Waals surface area contributed by atoms with Gasteiger partial charge < -0.3 is 24.5 Å². The van der Waals surface area contributed by atoms with Crippen molar-refractivity contribution in [1.82, 2.24) is 15.5 Å². The van der Waals surface area contributed by atoms with Crippen molar-refractivity contribution in [2.45, 2.75) is 57.6 Å². The maximum absolute atomic E-state index is 6.07. The average molecular weight is 407 g/mol. The minimum absolute atomic E-state index is 0.161. The van der Waals surface area contributed by atoms with Gasteiger partial charge in [0.05, 0.1) is 32.0 Å². The van der Waals surface area contributed by atoms with Crippen LogP contribution in [0.1, 0.15) is 56.1 Å². The third kappa shape index (κ3) is 7.32. The molecule has 3 rings (SSSR count). The summed E-state index contributed by atoms with van der Waals surface area (Å²) >= 11 is 0. The van der Waals surface area contributed by atoms with E-state index in [1.807, 2.05) is 20.0 Å². The lowest BCUT2D eigenvalue weighted by atomic mass is 10.1. The fraction of sp³-hybridized carbons (Fsp3) is 0.773. The van der Waals surface area contributed by atoms with Gasteiger partial charge in [0.25, 0.3) is 0 Å². The van der Waals surface area contributed by atoms with Crippen LogP contribution in [0.5, 0.6) is 0 Å². The molecule has 164 valence electrons. The fourth-order valence-electron chi connectivity index (χ4n) is 4.15. The molecule has 0 radical (unpaired) electrons. The van der Waals surface area contributed by atoms with Crippen molar-refractivity contribution >= 4 is 5.96 Å². The summed E-state index contributed by atoms with van der Waals surface area (Å²) in [4.78, 5) is 6.78. The summed E-state index contributed by atoms with van der Waals surface area (Å²) in [6.07, 6.45) is 8.16. The summed E-state index contributed by atoms with van der Waals surface area (Å²) in [5.74, 6) is 2.73. The Morgan fingerprint density at radius 1 is 1.17 bits per heavy atom. The van der Waals surface area contributed by atoms with Gasteiger partial charge >= 0.3 is 0 Å². The first-order valence-electron chi connectivity index (χ1n) is 11.2. The highest BCUT2D eigenvalue weighted by molar-refractivity contribution is 5.79. The molecule has 0 aromatic carbocycles. The molecule has 2 heterocycles. The number of guanidine groups is 1. The van der Waals surface area contributed by atoms with Crippen molar-refractivity contribution in [3.63, 3.8) is 0 Å². The third-order valence-corrected chi connectivity index (χ3v) is 5.81. The predicted octanol–water partition coefficient (Wildman–Crippen LogP) is 2.87. The number of ether oxygens (including phenoxy) is 2. The van der Waals surface area contributed by atoms with E-state index >= 15 is 0 Å². The maximum Gasteiger partial charge on any atom is 0.191 e. The van der Waals surface area contributed by atoms with Crippen molar-refractivity contribution in [3.05, 3.63) is 23.7 Å². The van der Waals surface area contributed by atoms with Crippen LogP contribution in [0.4, 0.5) is 0 Å². The number of hydrogen-bond donors (Lipinski definition) is 2. The SMILES string of the molecule is CN=C(NCCOC1CCCCCC1)NCC(c1ccc(C)o1)N1CCOCC1. The molecule has 1 aliphatic heterocycles. The zero-order chi connectivity index (χ0) is 20.3. The number of hydrogen-bond acceptors (Lipinski definition) is 5. The average Bonchev–Trinajstić information content (AvgIpc) is 3.01. The van der Waals surface area contributed by atoms with E-state index in [0.29, 0.717) is 6.10 Å². The van der Waals surface area contributed by atoms with Gasteiger partial charge in [0, 0.05) is 33.2 Å². The van der Waals surface area contributed by atoms with Crippen molar-refractivity contribution in [3.8, 4) is 0 Å². The fourth-order valence-corrected chi connectivity index (χ4v) is 4.15. The second kappa shape index (κ2) is 12.2. The number of nitrogens with zero attached hydrogens (tertiary/aromatic N) is 2. The number of furan rings is 1. The van der Waals surface area contributed by atoms with Crippen LogP contribution in [0.3, 0.4) is 0 Å². The molecular formula is C22H38N4O3.